The first-order valence-electron chi connectivity index (χ1n) is 8.04. The number of benzene rings is 2. The molecule has 0 spiro atoms. The van der Waals surface area contributed by atoms with Gasteiger partial charge in [-0.1, -0.05) is 48.5 Å². The molecule has 2 atom stereocenters. The molecule has 2 heterocycles. The number of piperidine rings is 1. The molecule has 3 nitrogen and oxygen atoms in total. The molecule has 0 radical (unpaired) electrons. The number of hydrogen-bond acceptors (Lipinski definition) is 2. The van der Waals surface area contributed by atoms with Crippen molar-refractivity contribution in [3.63, 3.8) is 0 Å². The van der Waals surface area contributed by atoms with Crippen molar-refractivity contribution in [1.82, 2.24) is 4.90 Å². The normalized spacial score (nSPS) is 24.7. The fourth-order valence-electron chi connectivity index (χ4n) is 3.41. The van der Waals surface area contributed by atoms with Crippen LogP contribution in [-0.2, 0) is 4.74 Å². The lowest BCUT2D eigenvalue weighted by Gasteiger charge is -2.30. The van der Waals surface area contributed by atoms with Crippen molar-refractivity contribution in [3.8, 4) is 0 Å². The van der Waals surface area contributed by atoms with Gasteiger partial charge in [0.05, 0.1) is 11.7 Å². The van der Waals surface area contributed by atoms with Crippen molar-refractivity contribution < 1.29 is 4.74 Å². The van der Waals surface area contributed by atoms with Crippen LogP contribution in [0.25, 0.3) is 0 Å². The maximum Gasteiger partial charge on any atom is 0.293 e. The molecule has 2 unspecified atom stereocenters. The lowest BCUT2D eigenvalue weighted by atomic mass is 9.94. The highest BCUT2D eigenvalue weighted by Gasteiger charge is 2.42. The Bertz CT molecular complexity index is 660. The number of hydrogen-bond donors (Lipinski definition) is 0. The zero-order chi connectivity index (χ0) is 14.8. The Morgan fingerprint density at radius 3 is 2.35 bits per heavy atom. The van der Waals surface area contributed by atoms with Gasteiger partial charge in [0, 0.05) is 6.54 Å². The van der Waals surface area contributed by atoms with E-state index in [4.69, 9.17) is 9.73 Å². The topological polar surface area (TPSA) is 24.8 Å². The second-order valence-electron chi connectivity index (χ2n) is 5.94. The molecule has 2 aromatic rings. The molecule has 0 bridgehead atoms. The first-order valence-corrected chi connectivity index (χ1v) is 8.04. The molecular formula is C19H21ClN2O. The maximum atomic E-state index is 6.27. The lowest BCUT2D eigenvalue weighted by Crippen LogP contribution is -2.38. The number of para-hydroxylation sites is 1. The summed E-state index contributed by atoms with van der Waals surface area (Å²) in [5.41, 5.74) is 2.20. The molecule has 0 N–H and O–H groups in total. The third-order valence-electron chi connectivity index (χ3n) is 4.49. The van der Waals surface area contributed by atoms with E-state index in [1.165, 1.54) is 24.8 Å². The molecule has 2 aliphatic rings. The van der Waals surface area contributed by atoms with Gasteiger partial charge in [0.15, 0.2) is 0 Å². The van der Waals surface area contributed by atoms with Crippen molar-refractivity contribution >= 4 is 24.1 Å². The van der Waals surface area contributed by atoms with Crippen LogP contribution in [0.2, 0.25) is 0 Å². The highest BCUT2D eigenvalue weighted by molar-refractivity contribution is 5.85. The minimum Gasteiger partial charge on any atom is -0.454 e. The van der Waals surface area contributed by atoms with E-state index in [0.717, 1.165) is 18.3 Å². The Labute approximate surface area is 143 Å². The fourth-order valence-corrected chi connectivity index (χ4v) is 3.41. The van der Waals surface area contributed by atoms with Crippen LogP contribution < -0.4 is 0 Å². The molecule has 23 heavy (non-hydrogen) atoms. The van der Waals surface area contributed by atoms with Crippen molar-refractivity contribution in [2.45, 2.75) is 31.4 Å². The van der Waals surface area contributed by atoms with Crippen molar-refractivity contribution in [2.24, 2.45) is 4.99 Å². The molecule has 120 valence electrons. The third-order valence-corrected chi connectivity index (χ3v) is 4.49. The predicted molar refractivity (Wildman–Crippen MR) is 95.4 cm³/mol. The summed E-state index contributed by atoms with van der Waals surface area (Å²) in [5.74, 6) is 0. The number of halogens is 1. The number of amidine groups is 1. The smallest absolute Gasteiger partial charge is 0.293 e. The summed E-state index contributed by atoms with van der Waals surface area (Å²) in [6.07, 6.45) is 3.76. The Balaban J connectivity index is 0.00000156. The van der Waals surface area contributed by atoms with Gasteiger partial charge in [0.2, 0.25) is 0 Å². The van der Waals surface area contributed by atoms with Crippen LogP contribution in [-0.4, -0.2) is 23.5 Å². The zero-order valence-electron chi connectivity index (χ0n) is 13.0. The molecule has 4 rings (SSSR count). The summed E-state index contributed by atoms with van der Waals surface area (Å²) in [6, 6.07) is 21.8. The Morgan fingerprint density at radius 1 is 0.913 bits per heavy atom. The summed E-state index contributed by atoms with van der Waals surface area (Å²) < 4.78 is 6.27. The third kappa shape index (κ3) is 3.20. The highest BCUT2D eigenvalue weighted by Crippen LogP contribution is 2.38. The average Bonchev–Trinajstić information content (AvgIpc) is 2.96. The van der Waals surface area contributed by atoms with E-state index in [1.54, 1.807) is 0 Å². The predicted octanol–water partition coefficient (Wildman–Crippen LogP) is 4.72. The van der Waals surface area contributed by atoms with Gasteiger partial charge < -0.3 is 9.64 Å². The maximum absolute atomic E-state index is 6.27. The minimum absolute atomic E-state index is 0. The number of aliphatic imine (C=N–C) groups is 1. The molecule has 0 aromatic heterocycles. The Kier molecular flexibility index (Phi) is 4.87. The van der Waals surface area contributed by atoms with E-state index in [-0.39, 0.29) is 18.5 Å². The first-order chi connectivity index (χ1) is 10.9. The molecular weight excluding hydrogens is 308 g/mol. The van der Waals surface area contributed by atoms with Crippen LogP contribution in [0.1, 0.15) is 30.9 Å². The van der Waals surface area contributed by atoms with Crippen LogP contribution >= 0.6 is 12.4 Å². The van der Waals surface area contributed by atoms with Crippen LogP contribution in [0.3, 0.4) is 0 Å². The van der Waals surface area contributed by atoms with Crippen LogP contribution in [0.15, 0.2) is 65.7 Å². The van der Waals surface area contributed by atoms with Gasteiger partial charge in [-0.2, -0.15) is 4.99 Å². The number of fused-ring (bicyclic) bond motifs is 1. The van der Waals surface area contributed by atoms with E-state index in [9.17, 15) is 0 Å². The van der Waals surface area contributed by atoms with Gasteiger partial charge in [0.1, 0.15) is 6.10 Å². The molecule has 0 saturated carbocycles. The van der Waals surface area contributed by atoms with E-state index in [1.807, 2.05) is 30.3 Å². The molecule has 4 heteroatoms. The van der Waals surface area contributed by atoms with Gasteiger partial charge >= 0.3 is 0 Å². The average molecular weight is 329 g/mol. The Hall–Kier alpha value is -2.00. The quantitative estimate of drug-likeness (QED) is 0.796. The van der Waals surface area contributed by atoms with Gasteiger partial charge in [-0.3, -0.25) is 0 Å². The van der Waals surface area contributed by atoms with Gasteiger partial charge in [-0.15, -0.1) is 12.4 Å². The zero-order valence-corrected chi connectivity index (χ0v) is 13.8. The Morgan fingerprint density at radius 2 is 1.61 bits per heavy atom. The number of rotatable bonds is 2. The number of nitrogens with zero attached hydrogens (tertiary/aromatic N) is 2. The largest absolute Gasteiger partial charge is 0.454 e. The molecule has 2 saturated heterocycles. The molecule has 2 aliphatic heterocycles. The van der Waals surface area contributed by atoms with Crippen molar-refractivity contribution in [3.05, 3.63) is 66.2 Å². The molecule has 0 aliphatic carbocycles. The van der Waals surface area contributed by atoms with E-state index in [0.29, 0.717) is 6.04 Å². The van der Waals surface area contributed by atoms with E-state index < -0.39 is 0 Å². The van der Waals surface area contributed by atoms with Gasteiger partial charge in [0.25, 0.3) is 6.02 Å². The van der Waals surface area contributed by atoms with Crippen LogP contribution in [0.4, 0.5) is 5.69 Å². The molecule has 2 aromatic carbocycles. The van der Waals surface area contributed by atoms with Gasteiger partial charge in [-0.05, 0) is 37.0 Å². The number of ether oxygens (including phenoxy) is 1. The second-order valence-corrected chi connectivity index (χ2v) is 5.94. The summed E-state index contributed by atoms with van der Waals surface area (Å²) in [7, 11) is 0. The monoisotopic (exact) mass is 328 g/mol. The highest BCUT2D eigenvalue weighted by atomic mass is 35.5. The van der Waals surface area contributed by atoms with Gasteiger partial charge in [-0.25, -0.2) is 0 Å². The second kappa shape index (κ2) is 7.05. The minimum atomic E-state index is 0. The summed E-state index contributed by atoms with van der Waals surface area (Å²) in [6.45, 7) is 1.04. The van der Waals surface area contributed by atoms with Crippen LogP contribution in [0, 0.1) is 0 Å². The SMILES string of the molecule is Cl.c1ccc(N=C2OC(c3ccccc3)C3CCCCN23)cc1. The van der Waals surface area contributed by atoms with Crippen molar-refractivity contribution in [2.75, 3.05) is 6.54 Å². The standard InChI is InChI=1S/C19H20N2O.ClH/c1-3-9-15(10-4-1)18-17-13-7-8-14-21(17)19(22-18)20-16-11-5-2-6-12-16;/h1-6,9-12,17-18H,7-8,13-14H2;1H. The lowest BCUT2D eigenvalue weighted by molar-refractivity contribution is 0.168. The summed E-state index contributed by atoms with van der Waals surface area (Å²) >= 11 is 0. The molecule has 0 amide bonds. The van der Waals surface area contributed by atoms with Crippen LogP contribution in [0.5, 0.6) is 0 Å². The summed E-state index contributed by atoms with van der Waals surface area (Å²) in [4.78, 5) is 7.09. The fraction of sp³-hybridized carbons (Fsp3) is 0.316. The first kappa shape index (κ1) is 15.9. The van der Waals surface area contributed by atoms with E-state index in [2.05, 4.69) is 35.2 Å². The van der Waals surface area contributed by atoms with Crippen molar-refractivity contribution in [1.29, 1.82) is 0 Å². The molecule has 2 fully saturated rings. The van der Waals surface area contributed by atoms with E-state index >= 15 is 0 Å². The summed E-state index contributed by atoms with van der Waals surface area (Å²) in [5, 5.41) is 0.